The van der Waals surface area contributed by atoms with E-state index in [1.807, 2.05) is 19.1 Å². The number of allylic oxidation sites excluding steroid dienone is 1. The number of hydrogen-bond donors (Lipinski definition) is 2. The Morgan fingerprint density at radius 1 is 1.56 bits per heavy atom. The van der Waals surface area contributed by atoms with Crippen LogP contribution in [0.3, 0.4) is 0 Å². The molecular formula is C10H15N3O3. The van der Waals surface area contributed by atoms with Gasteiger partial charge in [0.2, 0.25) is 5.91 Å². The predicted octanol–water partition coefficient (Wildman–Crippen LogP) is -0.379. The van der Waals surface area contributed by atoms with E-state index in [0.717, 1.165) is 11.3 Å². The van der Waals surface area contributed by atoms with Crippen molar-refractivity contribution in [2.75, 3.05) is 19.6 Å². The van der Waals surface area contributed by atoms with Crippen molar-refractivity contribution in [1.82, 2.24) is 15.5 Å². The van der Waals surface area contributed by atoms with Crippen molar-refractivity contribution in [1.29, 1.82) is 0 Å². The Kier molecular flexibility index (Phi) is 4.50. The Bertz CT molecular complexity index is 309. The average molecular weight is 225 g/mol. The van der Waals surface area contributed by atoms with Crippen molar-refractivity contribution in [2.45, 2.75) is 13.3 Å². The first-order valence-corrected chi connectivity index (χ1v) is 5.11. The monoisotopic (exact) mass is 225 g/mol. The molecule has 0 saturated carbocycles. The van der Waals surface area contributed by atoms with Crippen molar-refractivity contribution < 1.29 is 14.4 Å². The van der Waals surface area contributed by atoms with Crippen LogP contribution in [0.5, 0.6) is 0 Å². The lowest BCUT2D eigenvalue weighted by Gasteiger charge is -2.11. The van der Waals surface area contributed by atoms with Gasteiger partial charge in [-0.25, -0.2) is 4.79 Å². The maximum atomic E-state index is 11.3. The van der Waals surface area contributed by atoms with Gasteiger partial charge in [-0.2, -0.15) is 0 Å². The normalized spacial score (nSPS) is 15.7. The van der Waals surface area contributed by atoms with Gasteiger partial charge in [-0.3, -0.25) is 14.5 Å². The smallest absolute Gasteiger partial charge is 0.325 e. The minimum Gasteiger partial charge on any atom is -0.354 e. The molecule has 16 heavy (non-hydrogen) atoms. The van der Waals surface area contributed by atoms with Crippen LogP contribution in [0.1, 0.15) is 13.3 Å². The van der Waals surface area contributed by atoms with Gasteiger partial charge in [0.25, 0.3) is 5.91 Å². The molecular weight excluding hydrogens is 210 g/mol. The van der Waals surface area contributed by atoms with E-state index in [2.05, 4.69) is 10.6 Å². The summed E-state index contributed by atoms with van der Waals surface area (Å²) in [6.45, 7) is 2.17. The highest BCUT2D eigenvalue weighted by Crippen LogP contribution is 1.97. The fraction of sp³-hybridized carbons (Fsp3) is 0.500. The third-order valence-corrected chi connectivity index (χ3v) is 2.11. The highest BCUT2D eigenvalue weighted by atomic mass is 16.2. The minimum absolute atomic E-state index is 0.0231. The first kappa shape index (κ1) is 12.2. The number of imide groups is 1. The molecule has 1 rings (SSSR count). The number of nitrogens with one attached hydrogen (secondary N) is 2. The number of amides is 4. The van der Waals surface area contributed by atoms with Gasteiger partial charge in [0, 0.05) is 6.54 Å². The maximum absolute atomic E-state index is 11.3. The van der Waals surface area contributed by atoms with E-state index in [1.54, 1.807) is 0 Å². The molecule has 0 aromatic rings. The number of nitrogens with zero attached hydrogens (tertiary/aromatic N) is 1. The van der Waals surface area contributed by atoms with Crippen LogP contribution in [0.2, 0.25) is 0 Å². The summed E-state index contributed by atoms with van der Waals surface area (Å²) >= 11 is 0. The summed E-state index contributed by atoms with van der Waals surface area (Å²) in [5.74, 6) is -0.691. The van der Waals surface area contributed by atoms with E-state index in [0.29, 0.717) is 6.54 Å². The van der Waals surface area contributed by atoms with Crippen molar-refractivity contribution in [3.8, 4) is 0 Å². The molecule has 88 valence electrons. The zero-order valence-electron chi connectivity index (χ0n) is 9.16. The van der Waals surface area contributed by atoms with Crippen LogP contribution >= 0.6 is 0 Å². The highest BCUT2D eigenvalue weighted by Gasteiger charge is 2.29. The van der Waals surface area contributed by atoms with E-state index in [1.165, 1.54) is 0 Å². The van der Waals surface area contributed by atoms with Gasteiger partial charge in [-0.1, -0.05) is 12.2 Å². The van der Waals surface area contributed by atoms with E-state index >= 15 is 0 Å². The topological polar surface area (TPSA) is 78.5 Å². The Hall–Kier alpha value is -1.85. The molecule has 0 unspecified atom stereocenters. The standard InChI is InChI=1S/C10H15N3O3/c1-2-3-4-5-11-8(14)7-13-9(15)6-12-10(13)16/h2-3H,4-7H2,1H3,(H,11,14)(H,12,16)/b3-2+. The van der Waals surface area contributed by atoms with E-state index in [-0.39, 0.29) is 24.9 Å². The molecule has 0 radical (unpaired) electrons. The van der Waals surface area contributed by atoms with E-state index < -0.39 is 6.03 Å². The molecule has 0 spiro atoms. The van der Waals surface area contributed by atoms with Gasteiger partial charge in [-0.15, -0.1) is 0 Å². The minimum atomic E-state index is -0.506. The average Bonchev–Trinajstić information content (AvgIpc) is 2.56. The largest absolute Gasteiger partial charge is 0.354 e. The number of rotatable bonds is 5. The molecule has 0 atom stereocenters. The van der Waals surface area contributed by atoms with Gasteiger partial charge >= 0.3 is 6.03 Å². The van der Waals surface area contributed by atoms with Crippen LogP contribution < -0.4 is 10.6 Å². The van der Waals surface area contributed by atoms with Gasteiger partial charge in [0.15, 0.2) is 0 Å². The molecule has 0 aromatic heterocycles. The molecule has 0 aromatic carbocycles. The van der Waals surface area contributed by atoms with Crippen molar-refractivity contribution in [3.05, 3.63) is 12.2 Å². The van der Waals surface area contributed by atoms with E-state index in [9.17, 15) is 14.4 Å². The van der Waals surface area contributed by atoms with Gasteiger partial charge in [0.05, 0.1) is 6.54 Å². The van der Waals surface area contributed by atoms with Crippen LogP contribution in [0.25, 0.3) is 0 Å². The second-order valence-electron chi connectivity index (χ2n) is 3.35. The molecule has 1 heterocycles. The first-order valence-electron chi connectivity index (χ1n) is 5.11. The molecule has 1 aliphatic heterocycles. The Morgan fingerprint density at radius 2 is 2.31 bits per heavy atom. The lowest BCUT2D eigenvalue weighted by atomic mass is 10.4. The van der Waals surface area contributed by atoms with E-state index in [4.69, 9.17) is 0 Å². The quantitative estimate of drug-likeness (QED) is 0.380. The van der Waals surface area contributed by atoms with Crippen molar-refractivity contribution in [2.24, 2.45) is 0 Å². The van der Waals surface area contributed by atoms with Gasteiger partial charge < -0.3 is 10.6 Å². The highest BCUT2D eigenvalue weighted by molar-refractivity contribution is 6.04. The molecule has 1 aliphatic rings. The molecule has 6 nitrogen and oxygen atoms in total. The zero-order valence-corrected chi connectivity index (χ0v) is 9.16. The number of urea groups is 1. The molecule has 0 bridgehead atoms. The summed E-state index contributed by atoms with van der Waals surface area (Å²) in [6.07, 6.45) is 4.56. The van der Waals surface area contributed by atoms with Crippen LogP contribution in [0, 0.1) is 0 Å². The lowest BCUT2D eigenvalue weighted by molar-refractivity contribution is -0.130. The first-order chi connectivity index (χ1) is 7.65. The summed E-state index contributed by atoms with van der Waals surface area (Å²) in [6, 6.07) is -0.506. The van der Waals surface area contributed by atoms with Crippen LogP contribution in [0.4, 0.5) is 4.79 Å². The molecule has 0 aliphatic carbocycles. The molecule has 6 heteroatoms. The van der Waals surface area contributed by atoms with Crippen LogP contribution in [-0.2, 0) is 9.59 Å². The number of carbonyl (C=O) groups is 3. The fourth-order valence-corrected chi connectivity index (χ4v) is 1.28. The maximum Gasteiger partial charge on any atom is 0.325 e. The Balaban J connectivity index is 2.28. The second kappa shape index (κ2) is 5.89. The molecule has 2 N–H and O–H groups in total. The Morgan fingerprint density at radius 3 is 2.88 bits per heavy atom. The fourth-order valence-electron chi connectivity index (χ4n) is 1.28. The summed E-state index contributed by atoms with van der Waals surface area (Å²) in [5.41, 5.74) is 0. The molecule has 4 amide bonds. The molecule has 1 saturated heterocycles. The summed E-state index contributed by atoms with van der Waals surface area (Å²) in [5, 5.41) is 4.97. The zero-order chi connectivity index (χ0) is 12.0. The summed E-state index contributed by atoms with van der Waals surface area (Å²) in [7, 11) is 0. The number of hydrogen-bond acceptors (Lipinski definition) is 3. The van der Waals surface area contributed by atoms with Crippen molar-refractivity contribution >= 4 is 17.8 Å². The van der Waals surface area contributed by atoms with Gasteiger partial charge in [0.1, 0.15) is 6.54 Å². The van der Waals surface area contributed by atoms with Crippen LogP contribution in [0.15, 0.2) is 12.2 Å². The summed E-state index contributed by atoms with van der Waals surface area (Å²) < 4.78 is 0. The second-order valence-corrected chi connectivity index (χ2v) is 3.35. The third kappa shape index (κ3) is 3.38. The summed E-state index contributed by atoms with van der Waals surface area (Å²) in [4.78, 5) is 34.5. The van der Waals surface area contributed by atoms with Gasteiger partial charge in [-0.05, 0) is 13.3 Å². The SMILES string of the molecule is C/C=C/CCNC(=O)CN1C(=O)CNC1=O. The predicted molar refractivity (Wildman–Crippen MR) is 57.6 cm³/mol. The third-order valence-electron chi connectivity index (χ3n) is 2.11. The van der Waals surface area contributed by atoms with Crippen molar-refractivity contribution in [3.63, 3.8) is 0 Å². The molecule has 1 fully saturated rings. The van der Waals surface area contributed by atoms with Crippen LogP contribution in [-0.4, -0.2) is 42.4 Å². The number of carbonyl (C=O) groups excluding carboxylic acids is 3. The lowest BCUT2D eigenvalue weighted by Crippen LogP contribution is -2.41. The Labute approximate surface area is 93.7 Å².